The number of aliphatic carboxylic acids is 1. The van der Waals surface area contributed by atoms with Crippen LogP contribution in [0.3, 0.4) is 0 Å². The first-order valence-corrected chi connectivity index (χ1v) is 6.28. The minimum Gasteiger partial charge on any atom is -0.480 e. The number of hydrogen-bond acceptors (Lipinski definition) is 4. The molecule has 0 fully saturated rings. The number of unbranched alkanes of at least 4 members (excludes halogenated alkanes) is 1. The lowest BCUT2D eigenvalue weighted by atomic mass is 10.1. The molecule has 6 nitrogen and oxygen atoms in total. The van der Waals surface area contributed by atoms with Gasteiger partial charge < -0.3 is 21.5 Å². The molecule has 0 aromatic carbocycles. The zero-order valence-corrected chi connectivity index (χ0v) is 10.4. The highest BCUT2D eigenvalue weighted by atomic mass is 16.4. The number of nitrogens with two attached hydrogens (primary N) is 1. The lowest BCUT2D eigenvalue weighted by Crippen LogP contribution is -2.43. The summed E-state index contributed by atoms with van der Waals surface area (Å²) in [6.45, 7) is 0.563. The summed E-state index contributed by atoms with van der Waals surface area (Å²) < 4.78 is 0. The molecule has 2 atom stereocenters. The van der Waals surface area contributed by atoms with E-state index < -0.39 is 12.0 Å². The van der Waals surface area contributed by atoms with Gasteiger partial charge in [0, 0.05) is 6.54 Å². The molecule has 0 aromatic heterocycles. The second-order valence-electron chi connectivity index (χ2n) is 4.43. The number of carboxylic acid groups (broad SMARTS) is 1. The average Bonchev–Trinajstić information content (AvgIpc) is 2.38. The molecular formula is C12H21N3O3. The molecule has 0 unspecified atom stereocenters. The highest BCUT2D eigenvalue weighted by molar-refractivity contribution is 5.82. The maximum Gasteiger partial charge on any atom is 0.320 e. The number of amides is 1. The van der Waals surface area contributed by atoms with Crippen LogP contribution in [0.1, 0.15) is 32.1 Å². The predicted octanol–water partition coefficient (Wildman–Crippen LogP) is -0.0495. The number of rotatable bonds is 7. The van der Waals surface area contributed by atoms with E-state index in [1.165, 1.54) is 0 Å². The summed E-state index contributed by atoms with van der Waals surface area (Å²) >= 11 is 0. The van der Waals surface area contributed by atoms with Crippen LogP contribution in [0.4, 0.5) is 0 Å². The third-order valence-electron chi connectivity index (χ3n) is 2.91. The van der Waals surface area contributed by atoms with E-state index in [0.717, 1.165) is 19.3 Å². The van der Waals surface area contributed by atoms with E-state index in [-0.39, 0.29) is 11.9 Å². The van der Waals surface area contributed by atoms with Gasteiger partial charge in [-0.1, -0.05) is 6.08 Å². The van der Waals surface area contributed by atoms with Gasteiger partial charge in [-0.05, 0) is 38.3 Å². The maximum absolute atomic E-state index is 11.7. The fourth-order valence-corrected chi connectivity index (χ4v) is 1.77. The smallest absolute Gasteiger partial charge is 0.320 e. The Kier molecular flexibility index (Phi) is 6.21. The highest BCUT2D eigenvalue weighted by Crippen LogP contribution is 2.04. The van der Waals surface area contributed by atoms with E-state index in [9.17, 15) is 9.59 Å². The van der Waals surface area contributed by atoms with Crippen LogP contribution in [0.5, 0.6) is 0 Å². The highest BCUT2D eigenvalue weighted by Gasteiger charge is 2.17. The monoisotopic (exact) mass is 255 g/mol. The van der Waals surface area contributed by atoms with Gasteiger partial charge in [-0.15, -0.1) is 0 Å². The fraction of sp³-hybridized carbons (Fsp3) is 0.667. The summed E-state index contributed by atoms with van der Waals surface area (Å²) in [4.78, 5) is 22.1. The normalized spacial score (nSPS) is 19.9. The Hall–Kier alpha value is -1.56. The van der Waals surface area contributed by atoms with Gasteiger partial charge in [-0.25, -0.2) is 0 Å². The van der Waals surface area contributed by atoms with E-state index in [1.807, 2.05) is 6.08 Å². The minimum atomic E-state index is -0.975. The summed E-state index contributed by atoms with van der Waals surface area (Å²) in [7, 11) is 0. The van der Waals surface area contributed by atoms with Gasteiger partial charge in [0.05, 0.1) is 0 Å². The van der Waals surface area contributed by atoms with Crippen molar-refractivity contribution in [2.45, 2.75) is 44.2 Å². The van der Waals surface area contributed by atoms with Crippen LogP contribution in [0, 0.1) is 0 Å². The van der Waals surface area contributed by atoms with Gasteiger partial charge in [0.25, 0.3) is 0 Å². The molecule has 0 saturated heterocycles. The van der Waals surface area contributed by atoms with Gasteiger partial charge >= 0.3 is 5.97 Å². The Morgan fingerprint density at radius 1 is 1.50 bits per heavy atom. The largest absolute Gasteiger partial charge is 0.480 e. The summed E-state index contributed by atoms with van der Waals surface area (Å²) in [5, 5.41) is 14.4. The Labute approximate surface area is 107 Å². The molecule has 5 N–H and O–H groups in total. The van der Waals surface area contributed by atoms with Crippen LogP contribution < -0.4 is 16.4 Å². The quantitative estimate of drug-likeness (QED) is 0.477. The summed E-state index contributed by atoms with van der Waals surface area (Å²) in [6, 6.07) is -0.942. The van der Waals surface area contributed by atoms with E-state index >= 15 is 0 Å². The zero-order valence-electron chi connectivity index (χ0n) is 10.4. The summed E-state index contributed by atoms with van der Waals surface area (Å²) in [5.74, 6) is -0.973. The van der Waals surface area contributed by atoms with Crippen LogP contribution in [0.25, 0.3) is 0 Å². The molecule has 0 aliphatic carbocycles. The van der Waals surface area contributed by atoms with Gasteiger partial charge in [-0.3, -0.25) is 9.59 Å². The molecule has 102 valence electrons. The Morgan fingerprint density at radius 2 is 2.28 bits per heavy atom. The van der Waals surface area contributed by atoms with Crippen molar-refractivity contribution >= 4 is 11.9 Å². The predicted molar refractivity (Wildman–Crippen MR) is 67.8 cm³/mol. The van der Waals surface area contributed by atoms with Crippen LogP contribution in [0.2, 0.25) is 0 Å². The van der Waals surface area contributed by atoms with E-state index in [0.29, 0.717) is 19.4 Å². The number of carbonyl (C=O) groups is 2. The van der Waals surface area contributed by atoms with Gasteiger partial charge in [0.1, 0.15) is 12.1 Å². The van der Waals surface area contributed by atoms with E-state index in [1.54, 1.807) is 6.20 Å². The second kappa shape index (κ2) is 7.71. The molecule has 0 radical (unpaired) electrons. The number of carboxylic acids is 1. The maximum atomic E-state index is 11.7. The van der Waals surface area contributed by atoms with Crippen molar-refractivity contribution in [1.82, 2.24) is 10.6 Å². The van der Waals surface area contributed by atoms with Crippen molar-refractivity contribution in [3.63, 3.8) is 0 Å². The minimum absolute atomic E-state index is 0.00174. The lowest BCUT2D eigenvalue weighted by molar-refractivity contribution is -0.138. The summed E-state index contributed by atoms with van der Waals surface area (Å²) in [6.07, 6.45) is 7.41. The Balaban J connectivity index is 2.05. The number of hydrogen-bond donors (Lipinski definition) is 4. The Bertz CT molecular complexity index is 318. The average molecular weight is 255 g/mol. The van der Waals surface area contributed by atoms with Crippen molar-refractivity contribution in [1.29, 1.82) is 0 Å². The molecule has 1 rings (SSSR count). The van der Waals surface area contributed by atoms with E-state index in [4.69, 9.17) is 10.8 Å². The molecule has 0 spiro atoms. The van der Waals surface area contributed by atoms with Crippen molar-refractivity contribution in [3.8, 4) is 0 Å². The first-order valence-electron chi connectivity index (χ1n) is 6.28. The topological polar surface area (TPSA) is 104 Å². The third-order valence-corrected chi connectivity index (χ3v) is 2.91. The number of allylic oxidation sites excluding steroid dienone is 1. The second-order valence-corrected chi connectivity index (χ2v) is 4.43. The Morgan fingerprint density at radius 3 is 2.89 bits per heavy atom. The molecule has 1 heterocycles. The third kappa shape index (κ3) is 5.18. The number of nitrogens with one attached hydrogen (secondary N) is 2. The molecule has 6 heteroatoms. The first-order chi connectivity index (χ1) is 8.61. The van der Waals surface area contributed by atoms with Crippen LogP contribution >= 0.6 is 0 Å². The molecule has 0 bridgehead atoms. The van der Waals surface area contributed by atoms with Crippen LogP contribution in [-0.2, 0) is 9.59 Å². The summed E-state index contributed by atoms with van der Waals surface area (Å²) in [5.41, 5.74) is 5.37. The standard InChI is InChI=1S/C12H21N3O3/c13-9(12(17)18)5-1-3-8-15-11(16)10-6-2-4-7-14-10/h4,7,9-10,14H,1-3,5-6,8,13H2,(H,15,16)(H,17,18)/t9-,10+/m0/s1. The molecule has 18 heavy (non-hydrogen) atoms. The molecular weight excluding hydrogens is 234 g/mol. The van der Waals surface area contributed by atoms with Crippen molar-refractivity contribution < 1.29 is 14.7 Å². The van der Waals surface area contributed by atoms with Crippen LogP contribution in [0.15, 0.2) is 12.3 Å². The molecule has 1 aliphatic rings. The fourth-order valence-electron chi connectivity index (χ4n) is 1.77. The van der Waals surface area contributed by atoms with Gasteiger partial charge in [0.15, 0.2) is 0 Å². The SMILES string of the molecule is N[C@@H](CCCCNC(=O)[C@H]1CCC=CN1)C(=O)O. The van der Waals surface area contributed by atoms with Gasteiger partial charge in [-0.2, -0.15) is 0 Å². The van der Waals surface area contributed by atoms with Crippen molar-refractivity contribution in [2.24, 2.45) is 5.73 Å². The van der Waals surface area contributed by atoms with Crippen molar-refractivity contribution in [3.05, 3.63) is 12.3 Å². The molecule has 0 aromatic rings. The molecule has 0 saturated carbocycles. The zero-order chi connectivity index (χ0) is 13.4. The van der Waals surface area contributed by atoms with Gasteiger partial charge in [0.2, 0.25) is 5.91 Å². The molecule has 1 aliphatic heterocycles. The van der Waals surface area contributed by atoms with Crippen molar-refractivity contribution in [2.75, 3.05) is 6.54 Å². The van der Waals surface area contributed by atoms with E-state index in [2.05, 4.69) is 10.6 Å². The first kappa shape index (κ1) is 14.5. The van der Waals surface area contributed by atoms with Crippen LogP contribution in [-0.4, -0.2) is 35.6 Å². The number of carbonyl (C=O) groups excluding carboxylic acids is 1. The lowest BCUT2D eigenvalue weighted by Gasteiger charge is -2.19. The molecule has 1 amide bonds.